The number of thiophene rings is 1. The molecule has 0 fully saturated rings. The monoisotopic (exact) mass is 756 g/mol. The van der Waals surface area contributed by atoms with Gasteiger partial charge in [0.1, 0.15) is 0 Å². The predicted octanol–water partition coefficient (Wildman–Crippen LogP) is 13.2. The molecule has 6 aromatic carbocycles. The highest BCUT2D eigenvalue weighted by molar-refractivity contribution is 7.32. The number of para-hydroxylation sites is 2. The third-order valence-electron chi connectivity index (χ3n) is 15.2. The van der Waals surface area contributed by atoms with Gasteiger partial charge in [0.15, 0.2) is 0 Å². The van der Waals surface area contributed by atoms with Gasteiger partial charge in [0.05, 0.1) is 5.69 Å². The highest BCUT2D eigenvalue weighted by Crippen LogP contribution is 2.62. The molecule has 0 unspecified atom stereocenters. The van der Waals surface area contributed by atoms with E-state index >= 15 is 0 Å². The smallest absolute Gasteiger partial charge is 0.343 e. The van der Waals surface area contributed by atoms with Crippen LogP contribution in [0.15, 0.2) is 109 Å². The van der Waals surface area contributed by atoms with Crippen molar-refractivity contribution in [2.75, 3.05) is 9.71 Å². The number of aryl methyl sites for hydroxylation is 1. The largest absolute Gasteiger partial charge is 0.375 e. The molecule has 1 aromatic heterocycles. The summed E-state index contributed by atoms with van der Waals surface area (Å²) in [6.45, 7) is 22.0. The van der Waals surface area contributed by atoms with Gasteiger partial charge in [0.2, 0.25) is 0 Å². The van der Waals surface area contributed by atoms with E-state index in [4.69, 9.17) is 0 Å². The standard InChI is InChI=1S/C53H49BN2S/c1-30-27-38-39(51(4,5)26-25-50(38,2)3)29-41(30)55-42-28-34-31-17-10-12-20-35(31)53(8,9)45(34)44-33-19-16-22-37-47(33)56(40-23-14-13-21-36(40)52(37,6)7)54(46(42)44)49-48(55)32-18-11-15-24-43(32)57-49/h10-24,27-29H,25-26H2,1-9H3. The van der Waals surface area contributed by atoms with Crippen LogP contribution in [0.1, 0.15) is 107 Å². The summed E-state index contributed by atoms with van der Waals surface area (Å²) in [4.78, 5) is 5.51. The quantitative estimate of drug-likeness (QED) is 0.154. The van der Waals surface area contributed by atoms with Crippen molar-refractivity contribution in [2.24, 2.45) is 0 Å². The highest BCUT2D eigenvalue weighted by atomic mass is 32.1. The van der Waals surface area contributed by atoms with Crippen molar-refractivity contribution < 1.29 is 0 Å². The number of hydrogen-bond donors (Lipinski definition) is 0. The third-order valence-corrected chi connectivity index (χ3v) is 16.4. The molecule has 2 nitrogen and oxygen atoms in total. The Morgan fingerprint density at radius 2 is 1.19 bits per heavy atom. The van der Waals surface area contributed by atoms with Gasteiger partial charge in [-0.25, -0.2) is 0 Å². The Bertz CT molecular complexity index is 2960. The molecular formula is C53H49BN2S. The van der Waals surface area contributed by atoms with Crippen LogP contribution in [0.3, 0.4) is 0 Å². The van der Waals surface area contributed by atoms with E-state index in [9.17, 15) is 0 Å². The molecule has 0 atom stereocenters. The molecule has 12 rings (SSSR count). The van der Waals surface area contributed by atoms with E-state index in [1.807, 2.05) is 11.3 Å². The number of hydrogen-bond acceptors (Lipinski definition) is 3. The summed E-state index contributed by atoms with van der Waals surface area (Å²) in [6.07, 6.45) is 2.40. The predicted molar refractivity (Wildman–Crippen MR) is 245 cm³/mol. The number of rotatable bonds is 1. The average Bonchev–Trinajstić information content (AvgIpc) is 3.68. The van der Waals surface area contributed by atoms with Gasteiger partial charge in [-0.2, -0.15) is 0 Å². The van der Waals surface area contributed by atoms with Gasteiger partial charge in [0, 0.05) is 54.0 Å². The van der Waals surface area contributed by atoms with E-state index in [1.165, 1.54) is 123 Å². The molecule has 0 amide bonds. The Balaban J connectivity index is 1.28. The Hall–Kier alpha value is -5.06. The second-order valence-electron chi connectivity index (χ2n) is 20.0. The van der Waals surface area contributed by atoms with E-state index in [1.54, 1.807) is 0 Å². The minimum absolute atomic E-state index is 0.0164. The van der Waals surface area contributed by atoms with Gasteiger partial charge in [-0.05, 0) is 116 Å². The summed E-state index contributed by atoms with van der Waals surface area (Å²) < 4.78 is 2.78. The van der Waals surface area contributed by atoms with Gasteiger partial charge < -0.3 is 9.71 Å². The van der Waals surface area contributed by atoms with Crippen LogP contribution in [0.5, 0.6) is 0 Å². The summed E-state index contributed by atoms with van der Waals surface area (Å²) in [5, 5.41) is 1.34. The Morgan fingerprint density at radius 1 is 0.544 bits per heavy atom. The van der Waals surface area contributed by atoms with Crippen molar-refractivity contribution >= 4 is 66.9 Å². The number of anilines is 5. The minimum atomic E-state index is -0.170. The SMILES string of the molecule is Cc1cc2c(cc1N1c3cc4c(c5c3B(c3sc6ccccc6c31)N1c3ccccc3C(C)(C)c3cccc-5c31)C(C)(C)c1ccccc1-4)C(C)(C)CCC2(C)C. The van der Waals surface area contributed by atoms with Crippen LogP contribution in [-0.4, -0.2) is 6.85 Å². The number of fused-ring (bicyclic) bond motifs is 13. The van der Waals surface area contributed by atoms with Crippen LogP contribution in [0.4, 0.5) is 28.4 Å². The molecule has 0 radical (unpaired) electrons. The van der Waals surface area contributed by atoms with E-state index < -0.39 is 0 Å². The van der Waals surface area contributed by atoms with E-state index in [0.717, 1.165) is 0 Å². The molecule has 280 valence electrons. The molecule has 5 aliphatic rings. The van der Waals surface area contributed by atoms with Crippen molar-refractivity contribution in [2.45, 2.75) is 96.8 Å². The first-order valence-corrected chi connectivity index (χ1v) is 21.8. The molecule has 0 spiro atoms. The lowest BCUT2D eigenvalue weighted by molar-refractivity contribution is 0.332. The number of benzene rings is 6. The molecule has 0 N–H and O–H groups in total. The maximum Gasteiger partial charge on any atom is 0.343 e. The summed E-state index contributed by atoms with van der Waals surface area (Å²) in [5.74, 6) is 0. The summed E-state index contributed by atoms with van der Waals surface area (Å²) >= 11 is 2.01. The van der Waals surface area contributed by atoms with Crippen LogP contribution in [0.25, 0.3) is 32.3 Å². The third kappa shape index (κ3) is 4.08. The normalized spacial score (nSPS) is 18.9. The van der Waals surface area contributed by atoms with E-state index in [-0.39, 0.29) is 28.5 Å². The van der Waals surface area contributed by atoms with Crippen LogP contribution in [0, 0.1) is 6.92 Å². The van der Waals surface area contributed by atoms with Crippen molar-refractivity contribution in [3.8, 4) is 22.3 Å². The lowest BCUT2D eigenvalue weighted by Gasteiger charge is -2.51. The fraction of sp³-hybridized carbons (Fsp3) is 0.283. The Morgan fingerprint density at radius 3 is 1.98 bits per heavy atom. The Kier molecular flexibility index (Phi) is 6.39. The van der Waals surface area contributed by atoms with Crippen molar-refractivity contribution in [3.63, 3.8) is 0 Å². The van der Waals surface area contributed by atoms with Gasteiger partial charge in [-0.3, -0.25) is 0 Å². The molecule has 0 saturated carbocycles. The molecule has 4 heteroatoms. The van der Waals surface area contributed by atoms with Crippen LogP contribution in [-0.2, 0) is 21.7 Å². The fourth-order valence-corrected chi connectivity index (χ4v) is 13.4. The second-order valence-corrected chi connectivity index (χ2v) is 21.1. The van der Waals surface area contributed by atoms with Crippen molar-refractivity contribution in [1.82, 2.24) is 0 Å². The van der Waals surface area contributed by atoms with Gasteiger partial charge in [-0.15, -0.1) is 11.3 Å². The molecule has 0 saturated heterocycles. The fourth-order valence-electron chi connectivity index (χ4n) is 12.1. The maximum absolute atomic E-state index is 2.77. The molecule has 57 heavy (non-hydrogen) atoms. The summed E-state index contributed by atoms with van der Waals surface area (Å²) in [7, 11) is 0. The molecule has 3 aliphatic heterocycles. The molecular weight excluding hydrogens is 707 g/mol. The zero-order valence-electron chi connectivity index (χ0n) is 34.7. The maximum atomic E-state index is 2.77. The zero-order chi connectivity index (χ0) is 39.1. The van der Waals surface area contributed by atoms with Gasteiger partial charge in [-0.1, -0.05) is 140 Å². The molecule has 0 bridgehead atoms. The van der Waals surface area contributed by atoms with Crippen molar-refractivity contribution in [3.05, 3.63) is 148 Å². The molecule has 4 heterocycles. The second kappa shape index (κ2) is 10.7. The average molecular weight is 757 g/mol. The lowest BCUT2D eigenvalue weighted by Crippen LogP contribution is -2.62. The number of nitrogens with zero attached hydrogens (tertiary/aromatic N) is 2. The topological polar surface area (TPSA) is 6.48 Å². The first kappa shape index (κ1) is 34.0. The minimum Gasteiger partial charge on any atom is -0.375 e. The van der Waals surface area contributed by atoms with Crippen LogP contribution in [0.2, 0.25) is 0 Å². The van der Waals surface area contributed by atoms with Crippen LogP contribution >= 0.6 is 11.3 Å². The van der Waals surface area contributed by atoms with Crippen LogP contribution < -0.4 is 20.0 Å². The lowest BCUT2D eigenvalue weighted by atomic mass is 9.44. The highest BCUT2D eigenvalue weighted by Gasteiger charge is 2.54. The molecule has 7 aromatic rings. The van der Waals surface area contributed by atoms with E-state index in [2.05, 4.69) is 181 Å². The summed E-state index contributed by atoms with van der Waals surface area (Å²) in [5.41, 5.74) is 23.7. The zero-order valence-corrected chi connectivity index (χ0v) is 35.5. The first-order chi connectivity index (χ1) is 27.2. The van der Waals surface area contributed by atoms with Crippen molar-refractivity contribution in [1.29, 1.82) is 0 Å². The first-order valence-electron chi connectivity index (χ1n) is 21.0. The van der Waals surface area contributed by atoms with Gasteiger partial charge >= 0.3 is 6.85 Å². The Labute approximate surface area is 342 Å². The summed E-state index contributed by atoms with van der Waals surface area (Å²) in [6, 6.07) is 42.7. The molecule has 2 aliphatic carbocycles. The van der Waals surface area contributed by atoms with E-state index in [0.29, 0.717) is 0 Å². The van der Waals surface area contributed by atoms with Gasteiger partial charge in [0.25, 0.3) is 0 Å².